The third kappa shape index (κ3) is 3.36. The predicted molar refractivity (Wildman–Crippen MR) is 82.0 cm³/mol. The van der Waals surface area contributed by atoms with E-state index < -0.39 is 10.0 Å². The largest absolute Gasteiger partial charge is 0.384 e. The summed E-state index contributed by atoms with van der Waals surface area (Å²) in [5.74, 6) is 0.151. The van der Waals surface area contributed by atoms with Crippen LogP contribution in [-0.4, -0.2) is 20.1 Å². The summed E-state index contributed by atoms with van der Waals surface area (Å²) in [6, 6.07) is 6.77. The number of rotatable bonds is 6. The highest BCUT2D eigenvalue weighted by molar-refractivity contribution is 7.92. The van der Waals surface area contributed by atoms with E-state index in [0.29, 0.717) is 23.5 Å². The highest BCUT2D eigenvalue weighted by Gasteiger charge is 2.21. The maximum atomic E-state index is 12.5. The fourth-order valence-electron chi connectivity index (χ4n) is 1.79. The first kappa shape index (κ1) is 15.4. The topological polar surface area (TPSA) is 84.2 Å². The first-order valence-corrected chi connectivity index (χ1v) is 8.22. The quantitative estimate of drug-likeness (QED) is 0.857. The van der Waals surface area contributed by atoms with Crippen LogP contribution in [0.5, 0.6) is 0 Å². The number of para-hydroxylation sites is 1. The number of aromatic nitrogens is 1. The molecule has 7 heteroatoms. The average molecular weight is 309 g/mol. The molecule has 0 radical (unpaired) electrons. The molecule has 0 atom stereocenters. The van der Waals surface area contributed by atoms with Crippen molar-refractivity contribution < 1.29 is 12.9 Å². The molecule has 0 aliphatic carbocycles. The lowest BCUT2D eigenvalue weighted by atomic mass is 10.3. The molecular weight excluding hydrogens is 290 g/mol. The summed E-state index contributed by atoms with van der Waals surface area (Å²) in [5.41, 5.74) is 1.91. The van der Waals surface area contributed by atoms with Crippen LogP contribution in [0.25, 0.3) is 0 Å². The van der Waals surface area contributed by atoms with Crippen LogP contribution in [0.1, 0.15) is 24.6 Å². The van der Waals surface area contributed by atoms with Crippen LogP contribution in [0.2, 0.25) is 0 Å². The minimum absolute atomic E-state index is 0.151. The first-order valence-electron chi connectivity index (χ1n) is 6.74. The summed E-state index contributed by atoms with van der Waals surface area (Å²) in [5, 5.41) is 6.86. The normalized spacial score (nSPS) is 11.4. The van der Waals surface area contributed by atoms with Crippen LogP contribution in [-0.2, 0) is 10.0 Å². The number of benzene rings is 1. The highest BCUT2D eigenvalue weighted by Crippen LogP contribution is 2.25. The maximum absolute atomic E-state index is 12.5. The number of nitrogens with one attached hydrogen (secondary N) is 2. The van der Waals surface area contributed by atoms with E-state index in [-0.39, 0.29) is 10.8 Å². The first-order chi connectivity index (χ1) is 9.95. The molecule has 0 saturated heterocycles. The summed E-state index contributed by atoms with van der Waals surface area (Å²) in [6.45, 7) is 6.23. The van der Waals surface area contributed by atoms with E-state index in [1.54, 1.807) is 38.1 Å². The van der Waals surface area contributed by atoms with Crippen LogP contribution in [0.3, 0.4) is 0 Å². The second kappa shape index (κ2) is 6.17. The molecule has 2 N–H and O–H groups in total. The van der Waals surface area contributed by atoms with Gasteiger partial charge in [0, 0.05) is 12.1 Å². The van der Waals surface area contributed by atoms with E-state index in [1.807, 2.05) is 6.92 Å². The number of nitrogens with zero attached hydrogens (tertiary/aromatic N) is 1. The number of hydrogen-bond donors (Lipinski definition) is 2. The van der Waals surface area contributed by atoms with Crippen LogP contribution < -0.4 is 10.0 Å². The molecule has 0 unspecified atom stereocenters. The minimum Gasteiger partial charge on any atom is -0.384 e. The molecule has 6 nitrogen and oxygen atoms in total. The Kier molecular flexibility index (Phi) is 4.52. The Morgan fingerprint density at radius 2 is 1.95 bits per heavy atom. The average Bonchev–Trinajstić information content (AvgIpc) is 2.77. The molecule has 0 bridgehead atoms. The number of sulfonamides is 1. The smallest absolute Gasteiger partial charge is 0.266 e. The summed E-state index contributed by atoms with van der Waals surface area (Å²) < 4.78 is 32.5. The summed E-state index contributed by atoms with van der Waals surface area (Å²) >= 11 is 0. The second-order valence-electron chi connectivity index (χ2n) is 4.75. The molecule has 0 saturated carbocycles. The second-order valence-corrected chi connectivity index (χ2v) is 6.40. The van der Waals surface area contributed by atoms with Crippen molar-refractivity contribution >= 4 is 21.6 Å². The molecular formula is C14H19N3O3S. The molecule has 1 heterocycles. The van der Waals surface area contributed by atoms with Gasteiger partial charge in [-0.25, -0.2) is 13.1 Å². The minimum atomic E-state index is -3.73. The third-order valence-corrected chi connectivity index (χ3v) is 4.52. The molecule has 1 aromatic carbocycles. The van der Waals surface area contributed by atoms with Gasteiger partial charge in [-0.2, -0.15) is 0 Å². The zero-order chi connectivity index (χ0) is 15.5. The highest BCUT2D eigenvalue weighted by atomic mass is 32.2. The Morgan fingerprint density at radius 1 is 1.24 bits per heavy atom. The zero-order valence-corrected chi connectivity index (χ0v) is 13.1. The maximum Gasteiger partial charge on any atom is 0.266 e. The fraction of sp³-hybridized carbons (Fsp3) is 0.357. The summed E-state index contributed by atoms with van der Waals surface area (Å²) in [4.78, 5) is 0.187. The lowest BCUT2D eigenvalue weighted by Crippen LogP contribution is -2.15. The van der Waals surface area contributed by atoms with E-state index in [2.05, 4.69) is 15.2 Å². The Balaban J connectivity index is 2.33. The van der Waals surface area contributed by atoms with E-state index in [1.165, 1.54) is 0 Å². The number of aryl methyl sites for hydroxylation is 1. The SMILES string of the molecule is CCCNc1ccccc1S(=O)(=O)Nc1onc(C)c1C. The van der Waals surface area contributed by atoms with Gasteiger partial charge in [-0.3, -0.25) is 0 Å². The number of hydrogen-bond acceptors (Lipinski definition) is 5. The van der Waals surface area contributed by atoms with Crippen molar-refractivity contribution in [1.29, 1.82) is 0 Å². The lowest BCUT2D eigenvalue weighted by molar-refractivity contribution is 0.430. The molecule has 114 valence electrons. The summed E-state index contributed by atoms with van der Waals surface area (Å²) in [6.07, 6.45) is 0.905. The van der Waals surface area contributed by atoms with Crippen molar-refractivity contribution in [3.63, 3.8) is 0 Å². The Bertz CT molecular complexity index is 723. The molecule has 21 heavy (non-hydrogen) atoms. The van der Waals surface area contributed by atoms with E-state index in [0.717, 1.165) is 6.42 Å². The third-order valence-electron chi connectivity index (χ3n) is 3.13. The van der Waals surface area contributed by atoms with Crippen molar-refractivity contribution in [2.24, 2.45) is 0 Å². The van der Waals surface area contributed by atoms with Crippen molar-refractivity contribution in [3.05, 3.63) is 35.5 Å². The van der Waals surface area contributed by atoms with Gasteiger partial charge >= 0.3 is 0 Å². The zero-order valence-electron chi connectivity index (χ0n) is 12.3. The van der Waals surface area contributed by atoms with Gasteiger partial charge in [-0.1, -0.05) is 24.2 Å². The van der Waals surface area contributed by atoms with Gasteiger partial charge in [-0.15, -0.1) is 0 Å². The van der Waals surface area contributed by atoms with Crippen LogP contribution in [0, 0.1) is 13.8 Å². The Hall–Kier alpha value is -2.02. The van der Waals surface area contributed by atoms with Gasteiger partial charge in [0.25, 0.3) is 10.0 Å². The van der Waals surface area contributed by atoms with Gasteiger partial charge in [0.1, 0.15) is 4.90 Å². The van der Waals surface area contributed by atoms with Gasteiger partial charge in [0.05, 0.1) is 11.4 Å². The number of anilines is 2. The Morgan fingerprint density at radius 3 is 2.57 bits per heavy atom. The molecule has 2 aromatic rings. The van der Waals surface area contributed by atoms with Gasteiger partial charge in [-0.05, 0) is 32.4 Å². The van der Waals surface area contributed by atoms with Crippen molar-refractivity contribution in [1.82, 2.24) is 5.16 Å². The summed E-state index contributed by atoms with van der Waals surface area (Å²) in [7, 11) is -3.73. The molecule has 0 amide bonds. The lowest BCUT2D eigenvalue weighted by Gasteiger charge is -2.12. The van der Waals surface area contributed by atoms with Gasteiger partial charge in [0.15, 0.2) is 0 Å². The molecule has 0 aliphatic rings. The predicted octanol–water partition coefficient (Wildman–Crippen LogP) is 2.91. The standard InChI is InChI=1S/C14H19N3O3S/c1-4-9-15-12-7-5-6-8-13(12)21(18,19)17-14-10(2)11(3)16-20-14/h5-8,15,17H,4,9H2,1-3H3. The van der Waals surface area contributed by atoms with E-state index in [4.69, 9.17) is 4.52 Å². The van der Waals surface area contributed by atoms with Crippen molar-refractivity contribution in [2.75, 3.05) is 16.6 Å². The molecule has 0 fully saturated rings. The van der Waals surface area contributed by atoms with E-state index in [9.17, 15) is 8.42 Å². The van der Waals surface area contributed by atoms with Crippen LogP contribution in [0.4, 0.5) is 11.6 Å². The van der Waals surface area contributed by atoms with Crippen LogP contribution in [0.15, 0.2) is 33.7 Å². The van der Waals surface area contributed by atoms with Gasteiger partial charge in [0.2, 0.25) is 5.88 Å². The molecule has 2 rings (SSSR count). The van der Waals surface area contributed by atoms with Crippen molar-refractivity contribution in [3.8, 4) is 0 Å². The Labute approximate surface area is 124 Å². The van der Waals surface area contributed by atoms with E-state index >= 15 is 0 Å². The monoisotopic (exact) mass is 309 g/mol. The van der Waals surface area contributed by atoms with Crippen molar-refractivity contribution in [2.45, 2.75) is 32.1 Å². The van der Waals surface area contributed by atoms with Gasteiger partial charge < -0.3 is 9.84 Å². The molecule has 0 aliphatic heterocycles. The molecule has 0 spiro atoms. The van der Waals surface area contributed by atoms with Crippen LogP contribution >= 0.6 is 0 Å². The fourth-order valence-corrected chi connectivity index (χ4v) is 3.03. The molecule has 1 aromatic heterocycles.